The Labute approximate surface area is 157 Å². The summed E-state index contributed by atoms with van der Waals surface area (Å²) in [6.45, 7) is 1.81. The van der Waals surface area contributed by atoms with Crippen molar-refractivity contribution >= 4 is 5.91 Å². The Morgan fingerprint density at radius 3 is 2.56 bits per heavy atom. The van der Waals surface area contributed by atoms with E-state index < -0.39 is 0 Å². The Morgan fingerprint density at radius 1 is 1.19 bits per heavy atom. The molecule has 0 saturated carbocycles. The lowest BCUT2D eigenvalue weighted by molar-refractivity contribution is -0.121. The summed E-state index contributed by atoms with van der Waals surface area (Å²) < 4.78 is 23.8. The molecule has 1 atom stereocenters. The van der Waals surface area contributed by atoms with Crippen LogP contribution in [0.2, 0.25) is 0 Å². The fourth-order valence-electron chi connectivity index (χ4n) is 2.66. The van der Waals surface area contributed by atoms with E-state index in [9.17, 15) is 9.18 Å². The Balaban J connectivity index is 1.54. The van der Waals surface area contributed by atoms with E-state index >= 15 is 0 Å². The van der Waals surface area contributed by atoms with E-state index in [0.717, 1.165) is 16.9 Å². The fraction of sp³-hybridized carbons (Fsp3) is 0.238. The average Bonchev–Trinajstić information content (AvgIpc) is 3.18. The van der Waals surface area contributed by atoms with Gasteiger partial charge in [0, 0.05) is 12.0 Å². The maximum absolute atomic E-state index is 13.0. The lowest BCUT2D eigenvalue weighted by atomic mass is 10.1. The molecule has 0 bridgehead atoms. The van der Waals surface area contributed by atoms with Crippen molar-refractivity contribution in [2.75, 3.05) is 7.11 Å². The summed E-state index contributed by atoms with van der Waals surface area (Å²) in [5, 5.41) is 2.88. The van der Waals surface area contributed by atoms with Crippen LogP contribution in [0.1, 0.15) is 30.8 Å². The summed E-state index contributed by atoms with van der Waals surface area (Å²) in [5.74, 6) is 1.34. The second-order valence-electron chi connectivity index (χ2n) is 6.21. The molecule has 140 valence electrons. The number of oxazole rings is 1. The molecule has 1 aromatic heterocycles. The molecule has 1 amide bonds. The molecule has 1 N–H and O–H groups in total. The number of ether oxygens (including phenoxy) is 1. The molecule has 0 aliphatic carbocycles. The lowest BCUT2D eigenvalue weighted by Gasteiger charge is -2.10. The molecule has 1 heterocycles. The summed E-state index contributed by atoms with van der Waals surface area (Å²) in [7, 11) is 1.62. The Bertz CT molecular complexity index is 889. The second kappa shape index (κ2) is 8.49. The number of benzene rings is 2. The van der Waals surface area contributed by atoms with Crippen molar-refractivity contribution in [2.24, 2.45) is 0 Å². The quantitative estimate of drug-likeness (QED) is 0.675. The number of aromatic nitrogens is 1. The zero-order chi connectivity index (χ0) is 19.2. The van der Waals surface area contributed by atoms with Gasteiger partial charge in [0.2, 0.25) is 11.8 Å². The minimum Gasteiger partial charge on any atom is -0.497 e. The van der Waals surface area contributed by atoms with Crippen LogP contribution in [0.25, 0.3) is 11.3 Å². The number of amides is 1. The van der Waals surface area contributed by atoms with E-state index in [1.54, 1.807) is 25.4 Å². The van der Waals surface area contributed by atoms with Crippen LogP contribution in [0.5, 0.6) is 5.75 Å². The first-order valence-electron chi connectivity index (χ1n) is 8.69. The van der Waals surface area contributed by atoms with Crippen LogP contribution in [-0.2, 0) is 11.2 Å². The number of halogens is 1. The maximum Gasteiger partial charge on any atom is 0.220 e. The van der Waals surface area contributed by atoms with Crippen LogP contribution in [0.3, 0.4) is 0 Å². The third kappa shape index (κ3) is 4.94. The standard InChI is InChI=1S/C21H21FN2O3/c1-14(21-23-13-19(27-21)16-6-8-17(22)9-7-16)24-20(25)12-5-15-3-10-18(26-2)11-4-15/h3-4,6-11,13-14H,5,12H2,1-2H3,(H,24,25). The van der Waals surface area contributed by atoms with Crippen molar-refractivity contribution in [2.45, 2.75) is 25.8 Å². The highest BCUT2D eigenvalue weighted by molar-refractivity contribution is 5.76. The van der Waals surface area contributed by atoms with Gasteiger partial charge >= 0.3 is 0 Å². The fourth-order valence-corrected chi connectivity index (χ4v) is 2.66. The molecule has 1 unspecified atom stereocenters. The predicted molar refractivity (Wildman–Crippen MR) is 99.8 cm³/mol. The highest BCUT2D eigenvalue weighted by Crippen LogP contribution is 2.23. The first-order chi connectivity index (χ1) is 13.0. The van der Waals surface area contributed by atoms with E-state index in [0.29, 0.717) is 24.5 Å². The smallest absolute Gasteiger partial charge is 0.220 e. The molecular weight excluding hydrogens is 347 g/mol. The van der Waals surface area contributed by atoms with Gasteiger partial charge in [-0.2, -0.15) is 0 Å². The lowest BCUT2D eigenvalue weighted by Crippen LogP contribution is -2.27. The minimum absolute atomic E-state index is 0.0835. The monoisotopic (exact) mass is 368 g/mol. The summed E-state index contributed by atoms with van der Waals surface area (Å²) in [5.41, 5.74) is 1.79. The molecule has 2 aromatic carbocycles. The number of hydrogen-bond donors (Lipinski definition) is 1. The second-order valence-corrected chi connectivity index (χ2v) is 6.21. The zero-order valence-electron chi connectivity index (χ0n) is 15.2. The SMILES string of the molecule is COc1ccc(CCC(=O)NC(C)c2ncc(-c3ccc(F)cc3)o2)cc1. The summed E-state index contributed by atoms with van der Waals surface area (Å²) >= 11 is 0. The molecule has 5 nitrogen and oxygen atoms in total. The number of hydrogen-bond acceptors (Lipinski definition) is 4. The number of nitrogens with one attached hydrogen (secondary N) is 1. The van der Waals surface area contributed by atoms with Gasteiger partial charge in [0.25, 0.3) is 0 Å². The molecule has 3 aromatic rings. The van der Waals surface area contributed by atoms with Gasteiger partial charge in [-0.25, -0.2) is 9.37 Å². The number of aryl methyl sites for hydroxylation is 1. The first-order valence-corrected chi connectivity index (χ1v) is 8.69. The summed E-state index contributed by atoms with van der Waals surface area (Å²) in [4.78, 5) is 16.4. The van der Waals surface area contributed by atoms with Gasteiger partial charge in [-0.05, 0) is 55.3 Å². The van der Waals surface area contributed by atoms with Gasteiger partial charge in [0.05, 0.1) is 13.3 Å². The van der Waals surface area contributed by atoms with E-state index in [-0.39, 0.29) is 17.8 Å². The molecule has 0 saturated heterocycles. The number of nitrogens with zero attached hydrogens (tertiary/aromatic N) is 1. The van der Waals surface area contributed by atoms with Gasteiger partial charge in [-0.1, -0.05) is 12.1 Å². The maximum atomic E-state index is 13.0. The molecule has 0 radical (unpaired) electrons. The van der Waals surface area contributed by atoms with Crippen molar-refractivity contribution in [1.82, 2.24) is 10.3 Å². The molecular formula is C21H21FN2O3. The highest BCUT2D eigenvalue weighted by Gasteiger charge is 2.16. The van der Waals surface area contributed by atoms with Crippen LogP contribution in [0.4, 0.5) is 4.39 Å². The van der Waals surface area contributed by atoms with Gasteiger partial charge in [0.1, 0.15) is 17.6 Å². The highest BCUT2D eigenvalue weighted by atomic mass is 19.1. The van der Waals surface area contributed by atoms with Crippen LogP contribution in [0, 0.1) is 5.82 Å². The van der Waals surface area contributed by atoms with E-state index in [1.165, 1.54) is 12.1 Å². The average molecular weight is 368 g/mol. The minimum atomic E-state index is -0.359. The van der Waals surface area contributed by atoms with Crippen LogP contribution >= 0.6 is 0 Å². The van der Waals surface area contributed by atoms with Crippen LogP contribution < -0.4 is 10.1 Å². The van der Waals surface area contributed by atoms with Crippen molar-refractivity contribution in [1.29, 1.82) is 0 Å². The predicted octanol–water partition coefficient (Wildman–Crippen LogP) is 4.30. The third-order valence-corrected chi connectivity index (χ3v) is 4.20. The molecule has 27 heavy (non-hydrogen) atoms. The first kappa shape index (κ1) is 18.6. The number of rotatable bonds is 7. The number of methoxy groups -OCH3 is 1. The summed E-state index contributed by atoms with van der Waals surface area (Å²) in [6, 6.07) is 13.2. The third-order valence-electron chi connectivity index (χ3n) is 4.20. The normalized spacial score (nSPS) is 11.8. The molecule has 0 aliphatic rings. The molecule has 3 rings (SSSR count). The summed E-state index contributed by atoms with van der Waals surface area (Å²) in [6.07, 6.45) is 2.57. The van der Waals surface area contributed by atoms with Crippen LogP contribution in [-0.4, -0.2) is 18.0 Å². The number of carbonyl (C=O) groups is 1. The zero-order valence-corrected chi connectivity index (χ0v) is 15.2. The van der Waals surface area contributed by atoms with E-state index in [2.05, 4.69) is 10.3 Å². The Kier molecular flexibility index (Phi) is 5.86. The van der Waals surface area contributed by atoms with Crippen molar-refractivity contribution in [3.8, 4) is 17.1 Å². The van der Waals surface area contributed by atoms with Gasteiger partial charge < -0.3 is 14.5 Å². The van der Waals surface area contributed by atoms with Crippen LogP contribution in [0.15, 0.2) is 59.1 Å². The largest absolute Gasteiger partial charge is 0.497 e. The molecule has 6 heteroatoms. The van der Waals surface area contributed by atoms with Gasteiger partial charge in [-0.3, -0.25) is 4.79 Å². The van der Waals surface area contributed by atoms with Gasteiger partial charge in [0.15, 0.2) is 5.76 Å². The van der Waals surface area contributed by atoms with Crippen molar-refractivity contribution in [3.63, 3.8) is 0 Å². The molecule has 0 aliphatic heterocycles. The molecule has 0 spiro atoms. The van der Waals surface area contributed by atoms with E-state index in [4.69, 9.17) is 9.15 Å². The van der Waals surface area contributed by atoms with E-state index in [1.807, 2.05) is 31.2 Å². The Morgan fingerprint density at radius 2 is 1.89 bits per heavy atom. The van der Waals surface area contributed by atoms with Crippen molar-refractivity contribution < 1.29 is 18.3 Å². The molecule has 0 fully saturated rings. The Hall–Kier alpha value is -3.15. The topological polar surface area (TPSA) is 64.4 Å². The van der Waals surface area contributed by atoms with Crippen molar-refractivity contribution in [3.05, 3.63) is 72.0 Å². The van der Waals surface area contributed by atoms with Gasteiger partial charge in [-0.15, -0.1) is 0 Å². The number of carbonyl (C=O) groups excluding carboxylic acids is 1.